The van der Waals surface area contributed by atoms with Gasteiger partial charge in [0.2, 0.25) is 0 Å². The summed E-state index contributed by atoms with van der Waals surface area (Å²) in [6.07, 6.45) is 0.534. The van der Waals surface area contributed by atoms with E-state index in [1.807, 2.05) is 29.8 Å². The molecular weight excluding hydrogens is 248 g/mol. The maximum Gasteiger partial charge on any atom is 0.0935 e. The topological polar surface area (TPSA) is 44.9 Å². The molecule has 104 valence electrons. The summed E-state index contributed by atoms with van der Waals surface area (Å²) >= 11 is 0. The Kier molecular flexibility index (Phi) is 4.91. The van der Waals surface area contributed by atoms with Gasteiger partial charge in [0, 0.05) is 25.2 Å². The van der Waals surface area contributed by atoms with Crippen LogP contribution in [0.3, 0.4) is 0 Å². The molecule has 2 aromatic rings. The minimum Gasteiger partial charge on any atom is -0.279 e. The van der Waals surface area contributed by atoms with E-state index in [4.69, 9.17) is 5.26 Å². The minimum absolute atomic E-state index is 0.534. The molecule has 0 N–H and O–H groups in total. The summed E-state index contributed by atoms with van der Waals surface area (Å²) in [5.74, 6) is 0. The van der Waals surface area contributed by atoms with Crippen molar-refractivity contribution in [3.05, 3.63) is 53.3 Å². The van der Waals surface area contributed by atoms with Crippen LogP contribution < -0.4 is 0 Å². The maximum atomic E-state index is 8.81. The van der Waals surface area contributed by atoms with E-state index in [9.17, 15) is 0 Å². The Morgan fingerprint density at radius 2 is 2.00 bits per heavy atom. The first-order valence-corrected chi connectivity index (χ1v) is 6.83. The van der Waals surface area contributed by atoms with E-state index >= 15 is 0 Å². The van der Waals surface area contributed by atoms with Crippen LogP contribution in [0.4, 0.5) is 0 Å². The smallest absolute Gasteiger partial charge is 0.0935 e. The molecule has 2 rings (SSSR count). The third kappa shape index (κ3) is 3.94. The van der Waals surface area contributed by atoms with Crippen LogP contribution in [0.2, 0.25) is 0 Å². The highest BCUT2D eigenvalue weighted by Crippen LogP contribution is 2.09. The van der Waals surface area contributed by atoms with E-state index in [0.29, 0.717) is 6.42 Å². The molecule has 0 aliphatic carbocycles. The average Bonchev–Trinajstić information content (AvgIpc) is 2.75. The van der Waals surface area contributed by atoms with E-state index < -0.39 is 0 Å². The Morgan fingerprint density at radius 3 is 2.60 bits per heavy atom. The first-order valence-electron chi connectivity index (χ1n) is 6.83. The quantitative estimate of drug-likeness (QED) is 0.809. The van der Waals surface area contributed by atoms with Gasteiger partial charge in [0.25, 0.3) is 0 Å². The van der Waals surface area contributed by atoms with Crippen LogP contribution in [0.5, 0.6) is 0 Å². The Balaban J connectivity index is 2.07. The van der Waals surface area contributed by atoms with Gasteiger partial charge in [-0.25, -0.2) is 0 Å². The molecule has 0 bridgehead atoms. The number of nitriles is 1. The van der Waals surface area contributed by atoms with E-state index in [0.717, 1.165) is 31.1 Å². The molecule has 4 heteroatoms. The number of hydrogen-bond acceptors (Lipinski definition) is 3. The second-order valence-electron chi connectivity index (χ2n) is 5.01. The molecular formula is C16H20N4. The van der Waals surface area contributed by atoms with Crippen LogP contribution in [0.1, 0.15) is 23.4 Å². The summed E-state index contributed by atoms with van der Waals surface area (Å²) in [4.78, 5) is 2.25. The second-order valence-corrected chi connectivity index (χ2v) is 5.01. The van der Waals surface area contributed by atoms with Crippen molar-refractivity contribution in [3.63, 3.8) is 0 Å². The molecule has 0 saturated carbocycles. The van der Waals surface area contributed by atoms with Crippen molar-refractivity contribution in [2.75, 3.05) is 6.54 Å². The third-order valence-corrected chi connectivity index (χ3v) is 3.23. The number of hydrogen-bond donors (Lipinski definition) is 0. The normalized spacial score (nSPS) is 10.7. The standard InChI is InChI=1S/C16H20N4/c1-14-11-15(2)20(18-14)13-19(10-6-9-17)12-16-7-4-3-5-8-16/h3-5,7-8,11H,6,10,12-13H2,1-2H3. The molecule has 1 heterocycles. The molecule has 20 heavy (non-hydrogen) atoms. The molecule has 0 aliphatic heterocycles. The monoisotopic (exact) mass is 268 g/mol. The van der Waals surface area contributed by atoms with Crippen LogP contribution in [-0.2, 0) is 13.2 Å². The van der Waals surface area contributed by atoms with Crippen LogP contribution in [-0.4, -0.2) is 21.2 Å². The minimum atomic E-state index is 0.534. The summed E-state index contributed by atoms with van der Waals surface area (Å²) in [5, 5.41) is 13.3. The van der Waals surface area contributed by atoms with Gasteiger partial charge in [-0.3, -0.25) is 9.58 Å². The number of benzene rings is 1. The fraction of sp³-hybridized carbons (Fsp3) is 0.375. The van der Waals surface area contributed by atoms with Crippen LogP contribution >= 0.6 is 0 Å². The Hall–Kier alpha value is -2.12. The highest BCUT2D eigenvalue weighted by Gasteiger charge is 2.09. The number of aryl methyl sites for hydroxylation is 2. The largest absolute Gasteiger partial charge is 0.279 e. The van der Waals surface area contributed by atoms with Crippen LogP contribution in [0.25, 0.3) is 0 Å². The molecule has 1 aromatic heterocycles. The van der Waals surface area contributed by atoms with Gasteiger partial charge >= 0.3 is 0 Å². The Morgan fingerprint density at radius 1 is 1.25 bits per heavy atom. The fourth-order valence-corrected chi connectivity index (χ4v) is 2.26. The van der Waals surface area contributed by atoms with Gasteiger partial charge in [-0.05, 0) is 25.5 Å². The Labute approximate surface area is 120 Å². The van der Waals surface area contributed by atoms with E-state index in [-0.39, 0.29) is 0 Å². The highest BCUT2D eigenvalue weighted by atomic mass is 15.4. The lowest BCUT2D eigenvalue weighted by molar-refractivity contribution is 0.200. The van der Waals surface area contributed by atoms with Crippen molar-refractivity contribution in [3.8, 4) is 6.07 Å². The Bertz CT molecular complexity index is 580. The molecule has 0 saturated heterocycles. The van der Waals surface area contributed by atoms with Crippen molar-refractivity contribution >= 4 is 0 Å². The number of rotatable bonds is 6. The summed E-state index contributed by atoms with van der Waals surface area (Å²) in [5.41, 5.74) is 3.44. The average molecular weight is 268 g/mol. The van der Waals surface area contributed by atoms with Crippen molar-refractivity contribution in [1.82, 2.24) is 14.7 Å². The van der Waals surface area contributed by atoms with Crippen LogP contribution in [0, 0.1) is 25.2 Å². The molecule has 0 aliphatic rings. The van der Waals surface area contributed by atoms with Crippen molar-refractivity contribution in [2.24, 2.45) is 0 Å². The first-order chi connectivity index (χ1) is 9.69. The zero-order chi connectivity index (χ0) is 14.4. The van der Waals surface area contributed by atoms with Gasteiger partial charge in [0.05, 0.1) is 18.4 Å². The first kappa shape index (κ1) is 14.3. The fourth-order valence-electron chi connectivity index (χ4n) is 2.26. The van der Waals surface area contributed by atoms with Gasteiger partial charge in [0.15, 0.2) is 0 Å². The zero-order valence-corrected chi connectivity index (χ0v) is 12.1. The van der Waals surface area contributed by atoms with Crippen LogP contribution in [0.15, 0.2) is 36.4 Å². The number of nitrogens with zero attached hydrogens (tertiary/aromatic N) is 4. The summed E-state index contributed by atoms with van der Waals surface area (Å²) in [7, 11) is 0. The third-order valence-electron chi connectivity index (χ3n) is 3.23. The maximum absolute atomic E-state index is 8.81. The van der Waals surface area contributed by atoms with E-state index in [1.54, 1.807) is 0 Å². The SMILES string of the molecule is Cc1cc(C)n(CN(CCC#N)Cc2ccccc2)n1. The van der Waals surface area contributed by atoms with E-state index in [1.165, 1.54) is 5.56 Å². The number of aromatic nitrogens is 2. The van der Waals surface area contributed by atoms with Crippen molar-refractivity contribution < 1.29 is 0 Å². The van der Waals surface area contributed by atoms with Crippen molar-refractivity contribution in [2.45, 2.75) is 33.5 Å². The van der Waals surface area contributed by atoms with E-state index in [2.05, 4.69) is 41.2 Å². The predicted octanol–water partition coefficient (Wildman–Crippen LogP) is 2.87. The zero-order valence-electron chi connectivity index (χ0n) is 12.1. The molecule has 0 unspecified atom stereocenters. The predicted molar refractivity (Wildman–Crippen MR) is 78.8 cm³/mol. The second kappa shape index (κ2) is 6.88. The summed E-state index contributed by atoms with van der Waals surface area (Å²) in [6.45, 7) is 6.37. The lowest BCUT2D eigenvalue weighted by Gasteiger charge is -2.22. The molecule has 0 spiro atoms. The lowest BCUT2D eigenvalue weighted by Crippen LogP contribution is -2.28. The summed E-state index contributed by atoms with van der Waals surface area (Å²) < 4.78 is 2.00. The van der Waals surface area contributed by atoms with Gasteiger partial charge in [-0.15, -0.1) is 0 Å². The lowest BCUT2D eigenvalue weighted by atomic mass is 10.2. The van der Waals surface area contributed by atoms with Gasteiger partial charge < -0.3 is 0 Å². The van der Waals surface area contributed by atoms with Gasteiger partial charge in [-0.1, -0.05) is 30.3 Å². The molecule has 4 nitrogen and oxygen atoms in total. The molecule has 0 radical (unpaired) electrons. The van der Waals surface area contributed by atoms with Gasteiger partial charge in [0.1, 0.15) is 0 Å². The molecule has 1 aromatic carbocycles. The molecule has 0 fully saturated rings. The van der Waals surface area contributed by atoms with Crippen molar-refractivity contribution in [1.29, 1.82) is 5.26 Å². The van der Waals surface area contributed by atoms with Gasteiger partial charge in [-0.2, -0.15) is 10.4 Å². The summed E-state index contributed by atoms with van der Waals surface area (Å²) in [6, 6.07) is 14.6. The molecule has 0 atom stereocenters. The molecule has 0 amide bonds. The highest BCUT2D eigenvalue weighted by molar-refractivity contribution is 5.14.